The van der Waals surface area contributed by atoms with Crippen LogP contribution in [0.4, 0.5) is 11.8 Å². The van der Waals surface area contributed by atoms with Crippen LogP contribution in [0.25, 0.3) is 0 Å². The molecule has 0 aliphatic carbocycles. The van der Waals surface area contributed by atoms with Crippen molar-refractivity contribution in [1.29, 1.82) is 0 Å². The average Bonchev–Trinajstić information content (AvgIpc) is 2.31. The molecule has 76 valence electrons. The minimum atomic E-state index is 0.191. The van der Waals surface area contributed by atoms with Crippen LogP contribution in [0.1, 0.15) is 0 Å². The topological polar surface area (TPSA) is 85.7 Å². The van der Waals surface area contributed by atoms with Gasteiger partial charge >= 0.3 is 6.01 Å². The molecule has 15 heavy (non-hydrogen) atoms. The average molecular weight is 204 g/mol. The zero-order valence-electron chi connectivity index (χ0n) is 7.95. The third kappa shape index (κ3) is 2.33. The molecule has 0 aromatic carbocycles. The fourth-order valence-electron chi connectivity index (χ4n) is 0.912. The van der Waals surface area contributed by atoms with Crippen LogP contribution in [0.2, 0.25) is 0 Å². The fourth-order valence-corrected chi connectivity index (χ4v) is 0.912. The molecule has 0 bridgehead atoms. The molecule has 2 heterocycles. The monoisotopic (exact) mass is 204 g/mol. The van der Waals surface area contributed by atoms with Crippen LogP contribution in [0.15, 0.2) is 24.7 Å². The number of anilines is 2. The summed E-state index contributed by atoms with van der Waals surface area (Å²) in [5, 5.41) is 10.2. The summed E-state index contributed by atoms with van der Waals surface area (Å²) >= 11 is 0. The van der Waals surface area contributed by atoms with Crippen LogP contribution in [0.3, 0.4) is 0 Å². The standard InChI is InChI=1S/C8H8N6O/c1-15-8-13-6(5-11-14-8)12-7-9-3-2-4-10-7/h2-5H,1H3,(H,9,10,12,13,14). The van der Waals surface area contributed by atoms with E-state index in [9.17, 15) is 0 Å². The molecule has 7 nitrogen and oxygen atoms in total. The molecule has 7 heteroatoms. The van der Waals surface area contributed by atoms with Gasteiger partial charge in [0.05, 0.1) is 13.3 Å². The lowest BCUT2D eigenvalue weighted by Crippen LogP contribution is -2.01. The maximum absolute atomic E-state index is 4.83. The van der Waals surface area contributed by atoms with Gasteiger partial charge in [-0.05, 0) is 6.07 Å². The van der Waals surface area contributed by atoms with Gasteiger partial charge in [0, 0.05) is 12.4 Å². The highest BCUT2D eigenvalue weighted by molar-refractivity contribution is 5.45. The first-order valence-corrected chi connectivity index (χ1v) is 4.16. The Bertz CT molecular complexity index is 434. The maximum atomic E-state index is 4.83. The van der Waals surface area contributed by atoms with Crippen molar-refractivity contribution in [2.75, 3.05) is 12.4 Å². The van der Waals surface area contributed by atoms with Crippen molar-refractivity contribution in [3.63, 3.8) is 0 Å². The summed E-state index contributed by atoms with van der Waals surface area (Å²) in [6.07, 6.45) is 4.71. The van der Waals surface area contributed by atoms with E-state index in [1.807, 2.05) is 0 Å². The van der Waals surface area contributed by atoms with Crippen LogP contribution in [-0.2, 0) is 0 Å². The molecule has 2 aromatic rings. The molecular weight excluding hydrogens is 196 g/mol. The predicted molar refractivity (Wildman–Crippen MR) is 51.7 cm³/mol. The van der Waals surface area contributed by atoms with Gasteiger partial charge in [-0.15, -0.1) is 0 Å². The van der Waals surface area contributed by atoms with Crippen molar-refractivity contribution < 1.29 is 4.74 Å². The van der Waals surface area contributed by atoms with Gasteiger partial charge in [0.1, 0.15) is 0 Å². The lowest BCUT2D eigenvalue weighted by atomic mass is 10.6. The maximum Gasteiger partial charge on any atom is 0.337 e. The molecule has 2 rings (SSSR count). The van der Waals surface area contributed by atoms with Gasteiger partial charge in [-0.2, -0.15) is 10.1 Å². The number of ether oxygens (including phenoxy) is 1. The molecule has 0 aliphatic heterocycles. The van der Waals surface area contributed by atoms with Gasteiger partial charge in [-0.3, -0.25) is 0 Å². The number of methoxy groups -OCH3 is 1. The summed E-state index contributed by atoms with van der Waals surface area (Å²) in [6, 6.07) is 1.92. The fraction of sp³-hybridized carbons (Fsp3) is 0.125. The second-order valence-corrected chi connectivity index (χ2v) is 2.53. The van der Waals surface area contributed by atoms with E-state index in [-0.39, 0.29) is 6.01 Å². The Balaban J connectivity index is 2.17. The lowest BCUT2D eigenvalue weighted by Gasteiger charge is -2.02. The molecule has 0 spiro atoms. The van der Waals surface area contributed by atoms with Crippen molar-refractivity contribution in [1.82, 2.24) is 25.1 Å². The minimum Gasteiger partial charge on any atom is -0.466 e. The molecule has 0 radical (unpaired) electrons. The Hall–Kier alpha value is -2.31. The van der Waals surface area contributed by atoms with Gasteiger partial charge in [0.25, 0.3) is 0 Å². The third-order valence-corrected chi connectivity index (χ3v) is 1.53. The van der Waals surface area contributed by atoms with Crippen LogP contribution < -0.4 is 10.1 Å². The third-order valence-electron chi connectivity index (χ3n) is 1.53. The van der Waals surface area contributed by atoms with Crippen LogP contribution in [0.5, 0.6) is 6.01 Å². The first-order valence-electron chi connectivity index (χ1n) is 4.16. The zero-order valence-corrected chi connectivity index (χ0v) is 7.95. The molecular formula is C8H8N6O. The second kappa shape index (κ2) is 4.27. The summed E-state index contributed by atoms with van der Waals surface area (Å²) in [6.45, 7) is 0. The van der Waals surface area contributed by atoms with Gasteiger partial charge in [0.2, 0.25) is 5.95 Å². The SMILES string of the molecule is COc1nncc(Nc2ncccn2)n1. The van der Waals surface area contributed by atoms with Gasteiger partial charge in [-0.25, -0.2) is 9.97 Å². The number of aromatic nitrogens is 5. The molecule has 0 aliphatic rings. The molecule has 0 saturated carbocycles. The summed E-state index contributed by atoms with van der Waals surface area (Å²) in [4.78, 5) is 12.0. The van der Waals surface area contributed by atoms with E-state index >= 15 is 0 Å². The predicted octanol–water partition coefficient (Wildman–Crippen LogP) is 0.414. The molecule has 1 N–H and O–H groups in total. The van der Waals surface area contributed by atoms with Crippen molar-refractivity contribution in [2.45, 2.75) is 0 Å². The Morgan fingerprint density at radius 3 is 2.80 bits per heavy atom. The highest BCUT2D eigenvalue weighted by atomic mass is 16.5. The molecule has 0 fully saturated rings. The Morgan fingerprint density at radius 2 is 2.07 bits per heavy atom. The van der Waals surface area contributed by atoms with Crippen molar-refractivity contribution in [3.05, 3.63) is 24.7 Å². The van der Waals surface area contributed by atoms with Gasteiger partial charge in [-0.1, -0.05) is 5.10 Å². The van der Waals surface area contributed by atoms with E-state index in [2.05, 4.69) is 30.5 Å². The van der Waals surface area contributed by atoms with E-state index in [4.69, 9.17) is 4.74 Å². The molecule has 2 aromatic heterocycles. The number of hydrogen-bond donors (Lipinski definition) is 1. The van der Waals surface area contributed by atoms with Crippen LogP contribution in [-0.4, -0.2) is 32.3 Å². The number of nitrogens with zero attached hydrogens (tertiary/aromatic N) is 5. The van der Waals surface area contributed by atoms with Crippen LogP contribution in [0, 0.1) is 0 Å². The number of rotatable bonds is 3. The van der Waals surface area contributed by atoms with Gasteiger partial charge in [0.15, 0.2) is 5.82 Å². The minimum absolute atomic E-state index is 0.191. The Morgan fingerprint density at radius 1 is 1.27 bits per heavy atom. The summed E-state index contributed by atoms with van der Waals surface area (Å²) in [5.41, 5.74) is 0. The number of hydrogen-bond acceptors (Lipinski definition) is 7. The zero-order chi connectivity index (χ0) is 10.5. The lowest BCUT2D eigenvalue weighted by molar-refractivity contribution is 0.374. The Kier molecular flexibility index (Phi) is 2.63. The Labute approximate surface area is 85.6 Å². The summed E-state index contributed by atoms with van der Waals surface area (Å²) in [5.74, 6) is 0.924. The first-order chi connectivity index (χ1) is 7.38. The van der Waals surface area contributed by atoms with Gasteiger partial charge < -0.3 is 10.1 Å². The molecule has 0 atom stereocenters. The summed E-state index contributed by atoms with van der Waals surface area (Å²) < 4.78 is 4.83. The normalized spacial score (nSPS) is 9.67. The molecule has 0 unspecified atom stereocenters. The van der Waals surface area contributed by atoms with E-state index in [1.165, 1.54) is 13.3 Å². The van der Waals surface area contributed by atoms with Crippen molar-refractivity contribution in [3.8, 4) is 6.01 Å². The van der Waals surface area contributed by atoms with E-state index in [0.29, 0.717) is 11.8 Å². The smallest absolute Gasteiger partial charge is 0.337 e. The van der Waals surface area contributed by atoms with E-state index < -0.39 is 0 Å². The molecule has 0 amide bonds. The summed E-state index contributed by atoms with van der Waals surface area (Å²) in [7, 11) is 1.47. The first kappa shape index (κ1) is 9.25. The van der Waals surface area contributed by atoms with Crippen LogP contribution >= 0.6 is 0 Å². The highest BCUT2D eigenvalue weighted by Crippen LogP contribution is 2.09. The second-order valence-electron chi connectivity index (χ2n) is 2.53. The quantitative estimate of drug-likeness (QED) is 0.774. The number of nitrogens with one attached hydrogen (secondary N) is 1. The molecule has 0 saturated heterocycles. The van der Waals surface area contributed by atoms with Crippen molar-refractivity contribution in [2.24, 2.45) is 0 Å². The van der Waals surface area contributed by atoms with E-state index in [0.717, 1.165) is 0 Å². The highest BCUT2D eigenvalue weighted by Gasteiger charge is 2.01. The largest absolute Gasteiger partial charge is 0.466 e. The van der Waals surface area contributed by atoms with E-state index in [1.54, 1.807) is 18.5 Å². The van der Waals surface area contributed by atoms with Crippen molar-refractivity contribution >= 4 is 11.8 Å².